The normalized spacial score (nSPS) is 10.7. The molecule has 6 N–H and O–H groups in total. The van der Waals surface area contributed by atoms with Crippen LogP contribution in [0.4, 0.5) is 0 Å². The minimum absolute atomic E-state index is 0.205. The molecule has 6 nitrogen and oxygen atoms in total. The standard InChI is InChI=1S/C16H13N5O/c17-14(18)10-5-6-11-12(13(10)15(19)20)9-4-2-1-3-8(9)7-21-16(11)22/h1-7H,(H3,17,18)(H3,19,20). The van der Waals surface area contributed by atoms with Crippen molar-refractivity contribution in [3.8, 4) is 0 Å². The van der Waals surface area contributed by atoms with Crippen LogP contribution in [0.1, 0.15) is 11.1 Å². The number of rotatable bonds is 2. The van der Waals surface area contributed by atoms with Crippen LogP contribution in [0.3, 0.4) is 0 Å². The van der Waals surface area contributed by atoms with Crippen molar-refractivity contribution >= 4 is 33.2 Å². The maximum Gasteiger partial charge on any atom is 0.277 e. The highest BCUT2D eigenvalue weighted by atomic mass is 16.1. The van der Waals surface area contributed by atoms with E-state index in [2.05, 4.69) is 4.98 Å². The molecular formula is C16H13N5O. The lowest BCUT2D eigenvalue weighted by Crippen LogP contribution is -2.21. The number of benzene rings is 2. The zero-order chi connectivity index (χ0) is 15.9. The predicted octanol–water partition coefficient (Wildman–Crippen LogP) is 1.32. The SMILES string of the molecule is N=C(N)c1ccc2c(=O)ncc3ccccc3c2c1C(=N)N. The van der Waals surface area contributed by atoms with Crippen LogP contribution in [0.25, 0.3) is 21.5 Å². The summed E-state index contributed by atoms with van der Waals surface area (Å²) in [6.45, 7) is 0. The zero-order valence-corrected chi connectivity index (χ0v) is 11.6. The van der Waals surface area contributed by atoms with Crippen LogP contribution in [0.15, 0.2) is 47.4 Å². The van der Waals surface area contributed by atoms with Crippen LogP contribution in [-0.2, 0) is 0 Å². The fraction of sp³-hybridized carbons (Fsp3) is 0. The fourth-order valence-electron chi connectivity index (χ4n) is 2.60. The Hall–Kier alpha value is -3.28. The van der Waals surface area contributed by atoms with Crippen LogP contribution in [0.2, 0.25) is 0 Å². The average Bonchev–Trinajstić information content (AvgIpc) is 2.64. The van der Waals surface area contributed by atoms with E-state index in [-0.39, 0.29) is 17.2 Å². The van der Waals surface area contributed by atoms with Crippen LogP contribution in [0.5, 0.6) is 0 Å². The van der Waals surface area contributed by atoms with Crippen molar-refractivity contribution in [2.45, 2.75) is 0 Å². The number of nitrogens with zero attached hydrogens (tertiary/aromatic N) is 1. The Kier molecular flexibility index (Phi) is 3.06. The largest absolute Gasteiger partial charge is 0.384 e. The van der Waals surface area contributed by atoms with Gasteiger partial charge in [0, 0.05) is 28.1 Å². The third-order valence-electron chi connectivity index (χ3n) is 3.55. The first-order valence-electron chi connectivity index (χ1n) is 6.54. The van der Waals surface area contributed by atoms with Crippen LogP contribution >= 0.6 is 0 Å². The van der Waals surface area contributed by atoms with Gasteiger partial charge in [0.2, 0.25) is 0 Å². The minimum atomic E-state index is -0.413. The maximum absolute atomic E-state index is 12.2. The number of nitrogen functional groups attached to an aromatic ring is 2. The summed E-state index contributed by atoms with van der Waals surface area (Å²) in [4.78, 5) is 16.2. The van der Waals surface area contributed by atoms with Gasteiger partial charge < -0.3 is 11.5 Å². The molecule has 3 aromatic rings. The molecule has 6 heteroatoms. The number of nitrogens with two attached hydrogens (primary N) is 2. The zero-order valence-electron chi connectivity index (χ0n) is 11.6. The molecule has 0 saturated heterocycles. The Bertz CT molecular complexity index is 1010. The molecule has 0 amide bonds. The third kappa shape index (κ3) is 1.98. The number of fused-ring (bicyclic) bond motifs is 3. The molecule has 0 aliphatic rings. The Labute approximate surface area is 125 Å². The lowest BCUT2D eigenvalue weighted by atomic mass is 9.96. The summed E-state index contributed by atoms with van der Waals surface area (Å²) in [6, 6.07) is 10.4. The predicted molar refractivity (Wildman–Crippen MR) is 87.6 cm³/mol. The van der Waals surface area contributed by atoms with Gasteiger partial charge in [-0.05, 0) is 17.5 Å². The van der Waals surface area contributed by atoms with Crippen molar-refractivity contribution in [2.75, 3.05) is 0 Å². The van der Waals surface area contributed by atoms with Gasteiger partial charge in [-0.15, -0.1) is 0 Å². The minimum Gasteiger partial charge on any atom is -0.384 e. The second-order valence-electron chi connectivity index (χ2n) is 4.89. The van der Waals surface area contributed by atoms with Crippen LogP contribution in [0, 0.1) is 10.8 Å². The first-order valence-corrected chi connectivity index (χ1v) is 6.54. The molecule has 1 aromatic heterocycles. The summed E-state index contributed by atoms with van der Waals surface area (Å²) in [6.07, 6.45) is 1.50. The molecule has 0 unspecified atom stereocenters. The smallest absolute Gasteiger partial charge is 0.277 e. The lowest BCUT2D eigenvalue weighted by molar-refractivity contribution is 1.30. The van der Waals surface area contributed by atoms with Gasteiger partial charge in [0.1, 0.15) is 11.7 Å². The lowest BCUT2D eigenvalue weighted by Gasteiger charge is -2.10. The highest BCUT2D eigenvalue weighted by Gasteiger charge is 2.16. The van der Waals surface area contributed by atoms with Crippen molar-refractivity contribution in [3.63, 3.8) is 0 Å². The number of nitrogens with one attached hydrogen (secondary N) is 2. The van der Waals surface area contributed by atoms with E-state index in [1.54, 1.807) is 6.07 Å². The molecule has 0 aliphatic heterocycles. The second-order valence-corrected chi connectivity index (χ2v) is 4.89. The number of hydrogen-bond acceptors (Lipinski definition) is 4. The van der Waals surface area contributed by atoms with Gasteiger partial charge in [-0.3, -0.25) is 15.6 Å². The van der Waals surface area contributed by atoms with E-state index in [9.17, 15) is 4.79 Å². The van der Waals surface area contributed by atoms with Crippen molar-refractivity contribution in [1.29, 1.82) is 10.8 Å². The van der Waals surface area contributed by atoms with Gasteiger partial charge in [0.25, 0.3) is 5.56 Å². The Balaban J connectivity index is 2.75. The van der Waals surface area contributed by atoms with Crippen LogP contribution < -0.4 is 17.0 Å². The maximum atomic E-state index is 12.2. The van der Waals surface area contributed by atoms with E-state index in [1.807, 2.05) is 24.3 Å². The fourth-order valence-corrected chi connectivity index (χ4v) is 2.60. The summed E-state index contributed by atoms with van der Waals surface area (Å²) in [5.74, 6) is -0.449. The van der Waals surface area contributed by atoms with Gasteiger partial charge in [-0.1, -0.05) is 24.3 Å². The van der Waals surface area contributed by atoms with E-state index in [0.717, 1.165) is 10.8 Å². The monoisotopic (exact) mass is 291 g/mol. The Morgan fingerprint density at radius 1 is 0.955 bits per heavy atom. The first-order chi connectivity index (χ1) is 10.5. The summed E-state index contributed by atoms with van der Waals surface area (Å²) >= 11 is 0. The van der Waals surface area contributed by atoms with Gasteiger partial charge >= 0.3 is 0 Å². The molecule has 22 heavy (non-hydrogen) atoms. The summed E-state index contributed by atoms with van der Waals surface area (Å²) < 4.78 is 0. The third-order valence-corrected chi connectivity index (χ3v) is 3.55. The molecule has 0 bridgehead atoms. The molecule has 0 atom stereocenters. The van der Waals surface area contributed by atoms with Gasteiger partial charge in [0.15, 0.2) is 0 Å². The van der Waals surface area contributed by atoms with Crippen molar-refractivity contribution in [2.24, 2.45) is 11.5 Å². The van der Waals surface area contributed by atoms with Crippen molar-refractivity contribution in [3.05, 3.63) is 64.1 Å². The number of aromatic nitrogens is 1. The van der Waals surface area contributed by atoms with Gasteiger partial charge in [-0.2, -0.15) is 0 Å². The number of amidine groups is 2. The van der Waals surface area contributed by atoms with Crippen LogP contribution in [-0.4, -0.2) is 16.7 Å². The van der Waals surface area contributed by atoms with E-state index in [4.69, 9.17) is 22.3 Å². The van der Waals surface area contributed by atoms with Gasteiger partial charge in [-0.25, -0.2) is 4.98 Å². The molecule has 0 aliphatic carbocycles. The molecule has 0 radical (unpaired) electrons. The molecule has 0 fully saturated rings. The molecule has 0 spiro atoms. The summed E-state index contributed by atoms with van der Waals surface area (Å²) in [7, 11) is 0. The summed E-state index contributed by atoms with van der Waals surface area (Å²) in [5.41, 5.74) is 11.5. The van der Waals surface area contributed by atoms with Crippen molar-refractivity contribution < 1.29 is 0 Å². The molecule has 0 saturated carbocycles. The molecule has 108 valence electrons. The van der Waals surface area contributed by atoms with E-state index < -0.39 is 5.56 Å². The molecule has 3 rings (SSSR count). The molecule has 2 aromatic carbocycles. The highest BCUT2D eigenvalue weighted by Crippen LogP contribution is 2.26. The first kappa shape index (κ1) is 13.7. The number of hydrogen-bond donors (Lipinski definition) is 4. The topological polar surface area (TPSA) is 130 Å². The van der Waals surface area contributed by atoms with Crippen molar-refractivity contribution in [1.82, 2.24) is 4.98 Å². The van der Waals surface area contributed by atoms with E-state index in [1.165, 1.54) is 12.3 Å². The quantitative estimate of drug-likeness (QED) is 0.419. The van der Waals surface area contributed by atoms with Gasteiger partial charge in [0.05, 0.1) is 5.39 Å². The second kappa shape index (κ2) is 4.92. The van der Waals surface area contributed by atoms with E-state index >= 15 is 0 Å². The Morgan fingerprint density at radius 3 is 2.36 bits per heavy atom. The molecule has 1 heterocycles. The van der Waals surface area contributed by atoms with E-state index in [0.29, 0.717) is 16.3 Å². The summed E-state index contributed by atoms with van der Waals surface area (Å²) in [5, 5.41) is 17.9. The average molecular weight is 291 g/mol. The molecular weight excluding hydrogens is 278 g/mol. The Morgan fingerprint density at radius 2 is 1.68 bits per heavy atom. The highest BCUT2D eigenvalue weighted by molar-refractivity contribution is 6.21.